The van der Waals surface area contributed by atoms with E-state index in [1.54, 1.807) is 0 Å². The van der Waals surface area contributed by atoms with Crippen LogP contribution in [0, 0.1) is 0 Å². The van der Waals surface area contributed by atoms with E-state index in [-0.39, 0.29) is 12.1 Å². The summed E-state index contributed by atoms with van der Waals surface area (Å²) in [6.45, 7) is 0. The van der Waals surface area contributed by atoms with Crippen molar-refractivity contribution in [1.82, 2.24) is 0 Å². The average Bonchev–Trinajstić information content (AvgIpc) is 2.63. The van der Waals surface area contributed by atoms with Crippen LogP contribution in [0.4, 0.5) is 11.4 Å². The first-order valence-corrected chi connectivity index (χ1v) is 8.53. The van der Waals surface area contributed by atoms with E-state index in [1.165, 1.54) is 0 Å². The third-order valence-electron chi connectivity index (χ3n) is 4.15. The van der Waals surface area contributed by atoms with E-state index in [0.717, 1.165) is 21.4 Å². The van der Waals surface area contributed by atoms with Crippen LogP contribution in [0.2, 0.25) is 0 Å². The van der Waals surface area contributed by atoms with Gasteiger partial charge in [0.1, 0.15) is 6.17 Å². The molecule has 3 aromatic carbocycles. The Balaban J connectivity index is 1.86. The van der Waals surface area contributed by atoms with Gasteiger partial charge < -0.3 is 5.32 Å². The Kier molecular flexibility index (Phi) is 3.82. The number of nitrogens with zero attached hydrogens (tertiary/aromatic N) is 1. The summed E-state index contributed by atoms with van der Waals surface area (Å²) >= 11 is 3.47. The molecule has 118 valence electrons. The van der Waals surface area contributed by atoms with E-state index < -0.39 is 0 Å². The zero-order valence-electron chi connectivity index (χ0n) is 12.8. The molecule has 0 saturated heterocycles. The van der Waals surface area contributed by atoms with Crippen molar-refractivity contribution < 1.29 is 4.79 Å². The minimum atomic E-state index is -0.247. The third kappa shape index (κ3) is 2.59. The summed E-state index contributed by atoms with van der Waals surface area (Å²) in [4.78, 5) is 15.0. The minimum absolute atomic E-state index is 0.00321. The molecule has 0 saturated carbocycles. The van der Waals surface area contributed by atoms with Gasteiger partial charge in [0.15, 0.2) is 0 Å². The largest absolute Gasteiger partial charge is 0.360 e. The molecule has 0 aromatic heterocycles. The number of para-hydroxylation sites is 2. The van der Waals surface area contributed by atoms with Gasteiger partial charge in [-0.3, -0.25) is 9.69 Å². The molecule has 0 aliphatic carbocycles. The SMILES string of the molecule is O=C1c2ccccc2N[C@@H](c2ccc(Br)cc2)N1c1ccccc1. The normalized spacial score (nSPS) is 16.5. The van der Waals surface area contributed by atoms with E-state index in [4.69, 9.17) is 0 Å². The first kappa shape index (κ1) is 15.0. The lowest BCUT2D eigenvalue weighted by molar-refractivity contribution is 0.0975. The second-order valence-corrected chi connectivity index (χ2v) is 6.57. The molecule has 1 atom stereocenters. The minimum Gasteiger partial charge on any atom is -0.360 e. The number of nitrogens with one attached hydrogen (secondary N) is 1. The van der Waals surface area contributed by atoms with Crippen molar-refractivity contribution in [1.29, 1.82) is 0 Å². The van der Waals surface area contributed by atoms with Crippen LogP contribution in [0.25, 0.3) is 0 Å². The standard InChI is InChI=1S/C20H15BrN2O/c21-15-12-10-14(11-13-15)19-22-18-9-5-4-8-17(18)20(24)23(19)16-6-2-1-3-7-16/h1-13,19,22H/t19-/m1/s1. The Labute approximate surface area is 149 Å². The first-order valence-electron chi connectivity index (χ1n) is 7.74. The van der Waals surface area contributed by atoms with Crippen LogP contribution in [0.1, 0.15) is 22.1 Å². The van der Waals surface area contributed by atoms with Crippen LogP contribution in [-0.4, -0.2) is 5.91 Å². The van der Waals surface area contributed by atoms with Crippen molar-refractivity contribution >= 4 is 33.2 Å². The van der Waals surface area contributed by atoms with E-state index in [1.807, 2.05) is 83.8 Å². The van der Waals surface area contributed by atoms with Crippen LogP contribution in [0.15, 0.2) is 83.3 Å². The number of fused-ring (bicyclic) bond motifs is 1. The zero-order valence-corrected chi connectivity index (χ0v) is 14.4. The highest BCUT2D eigenvalue weighted by Crippen LogP contribution is 2.36. The fourth-order valence-corrected chi connectivity index (χ4v) is 3.25. The van der Waals surface area contributed by atoms with Crippen molar-refractivity contribution in [3.63, 3.8) is 0 Å². The van der Waals surface area contributed by atoms with Crippen LogP contribution in [-0.2, 0) is 0 Å². The molecule has 1 N–H and O–H groups in total. The summed E-state index contributed by atoms with van der Waals surface area (Å²) in [5.74, 6) is 0.00321. The van der Waals surface area contributed by atoms with Gasteiger partial charge in [0, 0.05) is 15.8 Å². The van der Waals surface area contributed by atoms with Crippen molar-refractivity contribution in [3.05, 3.63) is 94.5 Å². The summed E-state index contributed by atoms with van der Waals surface area (Å²) in [6.07, 6.45) is -0.247. The van der Waals surface area contributed by atoms with Crippen LogP contribution in [0.5, 0.6) is 0 Å². The monoisotopic (exact) mass is 378 g/mol. The maximum Gasteiger partial charge on any atom is 0.262 e. The number of hydrogen-bond acceptors (Lipinski definition) is 2. The summed E-state index contributed by atoms with van der Waals surface area (Å²) < 4.78 is 1.01. The third-order valence-corrected chi connectivity index (χ3v) is 4.68. The molecular weight excluding hydrogens is 364 g/mol. The number of halogens is 1. The maximum absolute atomic E-state index is 13.1. The van der Waals surface area contributed by atoms with Gasteiger partial charge in [0.05, 0.1) is 5.56 Å². The summed E-state index contributed by atoms with van der Waals surface area (Å²) in [6, 6.07) is 25.4. The second-order valence-electron chi connectivity index (χ2n) is 5.65. The summed E-state index contributed by atoms with van der Waals surface area (Å²) in [5.41, 5.74) is 3.46. The molecule has 1 aliphatic rings. The highest BCUT2D eigenvalue weighted by atomic mass is 79.9. The van der Waals surface area contributed by atoms with Crippen molar-refractivity contribution in [2.24, 2.45) is 0 Å². The first-order chi connectivity index (χ1) is 11.7. The molecule has 1 amide bonds. The fraction of sp³-hybridized carbons (Fsp3) is 0.0500. The smallest absolute Gasteiger partial charge is 0.262 e. The highest BCUT2D eigenvalue weighted by molar-refractivity contribution is 9.10. The molecule has 0 spiro atoms. The molecule has 0 bridgehead atoms. The molecule has 4 rings (SSSR count). The van der Waals surface area contributed by atoms with Crippen LogP contribution < -0.4 is 10.2 Å². The fourth-order valence-electron chi connectivity index (χ4n) is 2.99. The molecule has 0 radical (unpaired) electrons. The van der Waals surface area contributed by atoms with E-state index >= 15 is 0 Å². The Bertz CT molecular complexity index is 878. The number of amides is 1. The van der Waals surface area contributed by atoms with E-state index in [0.29, 0.717) is 5.56 Å². The number of hydrogen-bond donors (Lipinski definition) is 1. The maximum atomic E-state index is 13.1. The second kappa shape index (κ2) is 6.13. The predicted molar refractivity (Wildman–Crippen MR) is 100 cm³/mol. The quantitative estimate of drug-likeness (QED) is 0.662. The zero-order chi connectivity index (χ0) is 16.5. The molecule has 1 heterocycles. The number of benzene rings is 3. The molecule has 0 fully saturated rings. The Hall–Kier alpha value is -2.59. The van der Waals surface area contributed by atoms with Crippen molar-refractivity contribution in [2.45, 2.75) is 6.17 Å². The van der Waals surface area contributed by atoms with Gasteiger partial charge in [-0.15, -0.1) is 0 Å². The molecule has 1 aliphatic heterocycles. The van der Waals surface area contributed by atoms with Gasteiger partial charge in [-0.1, -0.05) is 58.4 Å². The van der Waals surface area contributed by atoms with Crippen molar-refractivity contribution in [2.75, 3.05) is 10.2 Å². The number of carbonyl (C=O) groups excluding carboxylic acids is 1. The molecular formula is C20H15BrN2O. The Morgan fingerprint density at radius 1 is 0.833 bits per heavy atom. The van der Waals surface area contributed by atoms with Gasteiger partial charge >= 0.3 is 0 Å². The summed E-state index contributed by atoms with van der Waals surface area (Å²) in [7, 11) is 0. The van der Waals surface area contributed by atoms with Crippen LogP contribution in [0.3, 0.4) is 0 Å². The number of anilines is 2. The Morgan fingerprint density at radius 3 is 2.25 bits per heavy atom. The molecule has 0 unspecified atom stereocenters. The summed E-state index contributed by atoms with van der Waals surface area (Å²) in [5, 5.41) is 3.50. The predicted octanol–water partition coefficient (Wildman–Crippen LogP) is 5.22. The topological polar surface area (TPSA) is 32.3 Å². The average molecular weight is 379 g/mol. The van der Waals surface area contributed by atoms with Gasteiger partial charge in [-0.25, -0.2) is 0 Å². The lowest BCUT2D eigenvalue weighted by Gasteiger charge is -2.38. The van der Waals surface area contributed by atoms with E-state index in [9.17, 15) is 4.79 Å². The van der Waals surface area contributed by atoms with Crippen LogP contribution >= 0.6 is 15.9 Å². The van der Waals surface area contributed by atoms with Gasteiger partial charge in [0.25, 0.3) is 5.91 Å². The lowest BCUT2D eigenvalue weighted by atomic mass is 10.0. The number of carbonyl (C=O) groups is 1. The van der Waals surface area contributed by atoms with E-state index in [2.05, 4.69) is 21.2 Å². The molecule has 3 aromatic rings. The van der Waals surface area contributed by atoms with Crippen molar-refractivity contribution in [3.8, 4) is 0 Å². The molecule has 24 heavy (non-hydrogen) atoms. The highest BCUT2D eigenvalue weighted by Gasteiger charge is 2.33. The Morgan fingerprint density at radius 2 is 1.50 bits per heavy atom. The van der Waals surface area contributed by atoms with Gasteiger partial charge in [-0.2, -0.15) is 0 Å². The molecule has 4 heteroatoms. The van der Waals surface area contributed by atoms with Gasteiger partial charge in [0.2, 0.25) is 0 Å². The lowest BCUT2D eigenvalue weighted by Crippen LogP contribution is -2.43. The van der Waals surface area contributed by atoms with Gasteiger partial charge in [-0.05, 0) is 42.0 Å². The molecule has 3 nitrogen and oxygen atoms in total. The number of rotatable bonds is 2.